The number of furan rings is 1. The van der Waals surface area contributed by atoms with Crippen molar-refractivity contribution in [3.8, 4) is 5.69 Å². The van der Waals surface area contributed by atoms with Crippen LogP contribution in [-0.4, -0.2) is 23.1 Å². The first kappa shape index (κ1) is 16.1. The minimum absolute atomic E-state index is 0.0106. The first-order chi connectivity index (χ1) is 13.2. The number of nitrogens with zero attached hydrogens (tertiary/aromatic N) is 2. The molecule has 1 unspecified atom stereocenters. The molecule has 0 saturated carbocycles. The number of hydrogen-bond acceptors (Lipinski definition) is 3. The maximum absolute atomic E-state index is 12.2. The lowest BCUT2D eigenvalue weighted by atomic mass is 9.84. The molecule has 0 bridgehead atoms. The van der Waals surface area contributed by atoms with Gasteiger partial charge in [0.05, 0.1) is 6.26 Å². The molecule has 1 aliphatic rings. The number of pyridine rings is 1. The van der Waals surface area contributed by atoms with Crippen LogP contribution in [0.3, 0.4) is 0 Å². The van der Waals surface area contributed by atoms with Crippen molar-refractivity contribution in [3.05, 3.63) is 100 Å². The molecule has 0 saturated heterocycles. The van der Waals surface area contributed by atoms with E-state index in [1.54, 1.807) is 23.0 Å². The van der Waals surface area contributed by atoms with E-state index in [0.29, 0.717) is 5.92 Å². The molecule has 27 heavy (non-hydrogen) atoms. The highest BCUT2D eigenvalue weighted by Crippen LogP contribution is 2.35. The zero-order chi connectivity index (χ0) is 18.4. The Kier molecular flexibility index (Phi) is 3.73. The van der Waals surface area contributed by atoms with Gasteiger partial charge in [-0.1, -0.05) is 18.2 Å². The number of hydrogen-bond donors (Lipinski definition) is 0. The highest BCUT2D eigenvalue weighted by Gasteiger charge is 2.25. The van der Waals surface area contributed by atoms with Crippen molar-refractivity contribution in [2.24, 2.45) is 0 Å². The third-order valence-corrected chi connectivity index (χ3v) is 5.42. The van der Waals surface area contributed by atoms with Crippen LogP contribution in [0, 0.1) is 0 Å². The maximum atomic E-state index is 12.2. The molecule has 4 nitrogen and oxygen atoms in total. The third kappa shape index (κ3) is 2.78. The molecule has 3 heterocycles. The van der Waals surface area contributed by atoms with Crippen molar-refractivity contribution < 1.29 is 4.42 Å². The van der Waals surface area contributed by atoms with Crippen LogP contribution in [0.1, 0.15) is 22.6 Å². The smallest absolute Gasteiger partial charge is 0.255 e. The summed E-state index contributed by atoms with van der Waals surface area (Å²) in [6.45, 7) is 1.86. The number of fused-ring (bicyclic) bond motifs is 2. The molecule has 1 aliphatic heterocycles. The highest BCUT2D eigenvalue weighted by molar-refractivity contribution is 5.78. The van der Waals surface area contributed by atoms with Crippen LogP contribution in [0.5, 0.6) is 0 Å². The molecule has 2 aromatic carbocycles. The highest BCUT2D eigenvalue weighted by atomic mass is 16.3. The molecule has 0 fully saturated rings. The first-order valence-corrected chi connectivity index (χ1v) is 9.15. The van der Waals surface area contributed by atoms with Crippen molar-refractivity contribution >= 4 is 11.0 Å². The molecule has 0 aliphatic carbocycles. The fourth-order valence-corrected chi connectivity index (χ4v) is 4.11. The Labute approximate surface area is 157 Å². The summed E-state index contributed by atoms with van der Waals surface area (Å²) in [5.74, 6) is 0.305. The molecular weight excluding hydrogens is 336 g/mol. The van der Waals surface area contributed by atoms with E-state index in [2.05, 4.69) is 48.3 Å². The molecule has 4 heteroatoms. The molecule has 1 atom stereocenters. The minimum atomic E-state index is -0.0106. The van der Waals surface area contributed by atoms with E-state index in [-0.39, 0.29) is 5.56 Å². The summed E-state index contributed by atoms with van der Waals surface area (Å²) in [6.07, 6.45) is 3.56. The second-order valence-corrected chi connectivity index (χ2v) is 7.26. The van der Waals surface area contributed by atoms with Gasteiger partial charge in [0, 0.05) is 42.3 Å². The predicted molar refractivity (Wildman–Crippen MR) is 106 cm³/mol. The Bertz CT molecular complexity index is 1190. The van der Waals surface area contributed by atoms with Gasteiger partial charge in [0.15, 0.2) is 0 Å². The van der Waals surface area contributed by atoms with Crippen LogP contribution < -0.4 is 5.56 Å². The van der Waals surface area contributed by atoms with Crippen LogP contribution in [-0.2, 0) is 6.54 Å². The quantitative estimate of drug-likeness (QED) is 0.541. The lowest BCUT2D eigenvalue weighted by molar-refractivity contribution is 0.295. The van der Waals surface area contributed by atoms with Crippen molar-refractivity contribution in [2.75, 3.05) is 13.6 Å². The van der Waals surface area contributed by atoms with E-state index in [1.165, 1.54) is 16.7 Å². The van der Waals surface area contributed by atoms with Crippen LogP contribution >= 0.6 is 0 Å². The molecule has 0 N–H and O–H groups in total. The van der Waals surface area contributed by atoms with E-state index in [1.807, 2.05) is 18.3 Å². The SMILES string of the molecule is CN1Cc2cc(-n3ccccc3=O)ccc2C(c2ccc3occc3c2)C1. The van der Waals surface area contributed by atoms with Gasteiger partial charge in [-0.15, -0.1) is 0 Å². The van der Waals surface area contributed by atoms with Gasteiger partial charge < -0.3 is 9.32 Å². The van der Waals surface area contributed by atoms with Crippen LogP contribution in [0.25, 0.3) is 16.7 Å². The zero-order valence-electron chi connectivity index (χ0n) is 15.1. The van der Waals surface area contributed by atoms with E-state index in [9.17, 15) is 4.79 Å². The second-order valence-electron chi connectivity index (χ2n) is 7.26. The van der Waals surface area contributed by atoms with Gasteiger partial charge in [-0.25, -0.2) is 0 Å². The predicted octanol–water partition coefficient (Wildman–Crippen LogP) is 4.16. The van der Waals surface area contributed by atoms with Crippen molar-refractivity contribution in [1.29, 1.82) is 0 Å². The summed E-state index contributed by atoms with van der Waals surface area (Å²) >= 11 is 0. The van der Waals surface area contributed by atoms with Gasteiger partial charge in [0.1, 0.15) is 5.58 Å². The fraction of sp³-hybridized carbons (Fsp3) is 0.174. The van der Waals surface area contributed by atoms with Gasteiger partial charge in [-0.3, -0.25) is 9.36 Å². The summed E-state index contributed by atoms with van der Waals surface area (Å²) in [5.41, 5.74) is 5.73. The third-order valence-electron chi connectivity index (χ3n) is 5.42. The van der Waals surface area contributed by atoms with Crippen molar-refractivity contribution in [2.45, 2.75) is 12.5 Å². The second kappa shape index (κ2) is 6.25. The minimum Gasteiger partial charge on any atom is -0.464 e. The standard InChI is InChI=1S/C23H20N2O2/c1-24-14-18-13-19(25-10-3-2-4-23(25)26)6-7-20(18)21(15-24)16-5-8-22-17(12-16)9-11-27-22/h2-13,21H,14-15H2,1H3. The number of rotatable bonds is 2. The van der Waals surface area contributed by atoms with E-state index in [4.69, 9.17) is 4.42 Å². The Morgan fingerprint density at radius 2 is 1.96 bits per heavy atom. The summed E-state index contributed by atoms with van der Waals surface area (Å²) in [6, 6.07) is 20.1. The van der Waals surface area contributed by atoms with Crippen LogP contribution in [0.2, 0.25) is 0 Å². The van der Waals surface area contributed by atoms with E-state index in [0.717, 1.165) is 29.7 Å². The number of benzene rings is 2. The topological polar surface area (TPSA) is 38.4 Å². The van der Waals surface area contributed by atoms with E-state index >= 15 is 0 Å². The molecular formula is C23H20N2O2. The molecule has 0 spiro atoms. The van der Waals surface area contributed by atoms with E-state index < -0.39 is 0 Å². The molecule has 2 aromatic heterocycles. The first-order valence-electron chi connectivity index (χ1n) is 9.15. The lowest BCUT2D eigenvalue weighted by Gasteiger charge is -2.33. The Morgan fingerprint density at radius 1 is 1.04 bits per heavy atom. The van der Waals surface area contributed by atoms with Gasteiger partial charge in [-0.05, 0) is 60.1 Å². The maximum Gasteiger partial charge on any atom is 0.255 e. The summed E-state index contributed by atoms with van der Waals surface area (Å²) in [5, 5.41) is 1.13. The fourth-order valence-electron chi connectivity index (χ4n) is 4.11. The normalized spacial score (nSPS) is 17.1. The molecule has 134 valence electrons. The Morgan fingerprint density at radius 3 is 2.85 bits per heavy atom. The monoisotopic (exact) mass is 356 g/mol. The summed E-state index contributed by atoms with van der Waals surface area (Å²) < 4.78 is 7.18. The zero-order valence-corrected chi connectivity index (χ0v) is 15.1. The van der Waals surface area contributed by atoms with Gasteiger partial charge >= 0.3 is 0 Å². The van der Waals surface area contributed by atoms with Crippen LogP contribution in [0.4, 0.5) is 0 Å². The molecule has 0 amide bonds. The van der Waals surface area contributed by atoms with Gasteiger partial charge in [0.2, 0.25) is 0 Å². The average molecular weight is 356 g/mol. The largest absolute Gasteiger partial charge is 0.464 e. The Hall–Kier alpha value is -3.11. The molecule has 4 aromatic rings. The van der Waals surface area contributed by atoms with Gasteiger partial charge in [-0.2, -0.15) is 0 Å². The molecule has 5 rings (SSSR count). The molecule has 0 radical (unpaired) electrons. The number of likely N-dealkylation sites (N-methyl/N-ethyl adjacent to an activating group) is 1. The summed E-state index contributed by atoms with van der Waals surface area (Å²) in [4.78, 5) is 14.5. The lowest BCUT2D eigenvalue weighted by Crippen LogP contribution is -2.31. The number of aromatic nitrogens is 1. The average Bonchev–Trinajstić information content (AvgIpc) is 3.15. The van der Waals surface area contributed by atoms with Crippen molar-refractivity contribution in [1.82, 2.24) is 9.47 Å². The summed E-state index contributed by atoms with van der Waals surface area (Å²) in [7, 11) is 2.15. The van der Waals surface area contributed by atoms with Crippen molar-refractivity contribution in [3.63, 3.8) is 0 Å². The van der Waals surface area contributed by atoms with Gasteiger partial charge in [0.25, 0.3) is 5.56 Å². The van der Waals surface area contributed by atoms with Crippen LogP contribution in [0.15, 0.2) is 82.3 Å². The Balaban J connectivity index is 1.61.